The standard InChI is InChI=1S/C12H11BrN2O3S/c1-7-9-4-3-8(19(17,18)14-2)5-10(9)11(13)6-12(7)15-16/h3-6,14H,1-2H3. The molecule has 2 aromatic carbocycles. The van der Waals surface area contributed by atoms with Gasteiger partial charge in [-0.3, -0.25) is 0 Å². The average Bonchev–Trinajstić information content (AvgIpc) is 2.42. The van der Waals surface area contributed by atoms with Crippen LogP contribution in [-0.4, -0.2) is 15.5 Å². The molecule has 0 heterocycles. The van der Waals surface area contributed by atoms with Gasteiger partial charge in [0.05, 0.1) is 4.90 Å². The Morgan fingerprint density at radius 1 is 1.21 bits per heavy atom. The second-order valence-corrected chi connectivity index (χ2v) is 6.75. The molecule has 0 spiro atoms. The molecule has 0 bridgehead atoms. The van der Waals surface area contributed by atoms with Gasteiger partial charge in [-0.25, -0.2) is 13.1 Å². The lowest BCUT2D eigenvalue weighted by Gasteiger charge is -2.09. The number of hydrogen-bond acceptors (Lipinski definition) is 4. The van der Waals surface area contributed by atoms with Crippen LogP contribution >= 0.6 is 15.9 Å². The van der Waals surface area contributed by atoms with Crippen molar-refractivity contribution >= 4 is 42.4 Å². The molecule has 0 aliphatic heterocycles. The summed E-state index contributed by atoms with van der Waals surface area (Å²) in [6.45, 7) is 1.78. The van der Waals surface area contributed by atoms with Gasteiger partial charge < -0.3 is 0 Å². The van der Waals surface area contributed by atoms with Crippen LogP contribution in [0.2, 0.25) is 0 Å². The Morgan fingerprint density at radius 3 is 2.47 bits per heavy atom. The number of aryl methyl sites for hydroxylation is 1. The average molecular weight is 343 g/mol. The van der Waals surface area contributed by atoms with E-state index in [9.17, 15) is 13.3 Å². The summed E-state index contributed by atoms with van der Waals surface area (Å²) in [5.74, 6) is 0. The highest BCUT2D eigenvalue weighted by Gasteiger charge is 2.15. The van der Waals surface area contributed by atoms with E-state index in [-0.39, 0.29) is 4.90 Å². The lowest BCUT2D eigenvalue weighted by molar-refractivity contribution is 0.588. The van der Waals surface area contributed by atoms with Gasteiger partial charge in [-0.1, -0.05) is 22.0 Å². The van der Waals surface area contributed by atoms with E-state index in [1.54, 1.807) is 25.1 Å². The van der Waals surface area contributed by atoms with E-state index in [1.807, 2.05) is 0 Å². The molecule has 0 fully saturated rings. The van der Waals surface area contributed by atoms with E-state index in [1.165, 1.54) is 13.1 Å². The summed E-state index contributed by atoms with van der Waals surface area (Å²) < 4.78 is 26.4. The maximum atomic E-state index is 11.8. The van der Waals surface area contributed by atoms with Crippen molar-refractivity contribution in [2.75, 3.05) is 7.05 Å². The minimum Gasteiger partial charge on any atom is -0.214 e. The van der Waals surface area contributed by atoms with E-state index >= 15 is 0 Å². The quantitative estimate of drug-likeness (QED) is 0.870. The number of rotatable bonds is 3. The van der Waals surface area contributed by atoms with Crippen molar-refractivity contribution in [2.45, 2.75) is 11.8 Å². The fourth-order valence-electron chi connectivity index (χ4n) is 1.87. The Bertz CT molecular complexity index is 772. The van der Waals surface area contributed by atoms with Crippen LogP contribution in [0.4, 0.5) is 5.69 Å². The topological polar surface area (TPSA) is 75.6 Å². The summed E-state index contributed by atoms with van der Waals surface area (Å²) >= 11 is 3.33. The third-order valence-corrected chi connectivity index (χ3v) is 5.05. The van der Waals surface area contributed by atoms with E-state index in [0.29, 0.717) is 10.2 Å². The molecule has 100 valence electrons. The number of benzene rings is 2. The van der Waals surface area contributed by atoms with E-state index in [4.69, 9.17) is 0 Å². The largest absolute Gasteiger partial charge is 0.240 e. The molecule has 0 aliphatic rings. The van der Waals surface area contributed by atoms with Gasteiger partial charge in [-0.2, -0.15) is 0 Å². The zero-order valence-electron chi connectivity index (χ0n) is 10.3. The third-order valence-electron chi connectivity index (χ3n) is 2.98. The molecule has 0 unspecified atom stereocenters. The van der Waals surface area contributed by atoms with Crippen LogP contribution in [0, 0.1) is 11.8 Å². The lowest BCUT2D eigenvalue weighted by Crippen LogP contribution is -2.18. The van der Waals surface area contributed by atoms with Crippen molar-refractivity contribution < 1.29 is 8.42 Å². The molecule has 0 aromatic heterocycles. The molecular weight excluding hydrogens is 332 g/mol. The fraction of sp³-hybridized carbons (Fsp3) is 0.167. The Kier molecular flexibility index (Phi) is 3.71. The minimum absolute atomic E-state index is 0.175. The van der Waals surface area contributed by atoms with Gasteiger partial charge in [0.1, 0.15) is 5.69 Å². The van der Waals surface area contributed by atoms with Crippen LogP contribution in [0.25, 0.3) is 10.8 Å². The SMILES string of the molecule is CNS(=O)(=O)c1ccc2c(C)c(N=O)cc(Br)c2c1. The van der Waals surface area contributed by atoms with Crippen molar-refractivity contribution in [2.24, 2.45) is 5.18 Å². The molecule has 7 heteroatoms. The van der Waals surface area contributed by atoms with Crippen LogP contribution in [0.15, 0.2) is 38.8 Å². The Balaban J connectivity index is 2.83. The summed E-state index contributed by atoms with van der Waals surface area (Å²) in [4.78, 5) is 10.9. The summed E-state index contributed by atoms with van der Waals surface area (Å²) in [6.07, 6.45) is 0. The second-order valence-electron chi connectivity index (χ2n) is 4.01. The monoisotopic (exact) mass is 342 g/mol. The fourth-order valence-corrected chi connectivity index (χ4v) is 3.17. The molecule has 2 aromatic rings. The highest BCUT2D eigenvalue weighted by Crippen LogP contribution is 2.35. The Morgan fingerprint density at radius 2 is 1.89 bits per heavy atom. The molecular formula is C12H11BrN2O3S. The first-order valence-corrected chi connectivity index (χ1v) is 7.68. The first-order valence-electron chi connectivity index (χ1n) is 5.40. The summed E-state index contributed by atoms with van der Waals surface area (Å²) in [5.41, 5.74) is 1.06. The smallest absolute Gasteiger partial charge is 0.214 e. The first kappa shape index (κ1) is 14.1. The molecule has 1 N–H and O–H groups in total. The molecule has 0 radical (unpaired) electrons. The van der Waals surface area contributed by atoms with Gasteiger partial charge in [0.15, 0.2) is 0 Å². The Labute approximate surface area is 119 Å². The second kappa shape index (κ2) is 4.99. The highest BCUT2D eigenvalue weighted by molar-refractivity contribution is 9.10. The van der Waals surface area contributed by atoms with Gasteiger partial charge in [0.2, 0.25) is 10.0 Å². The molecule has 0 saturated heterocycles. The van der Waals surface area contributed by atoms with Crippen molar-refractivity contribution in [1.29, 1.82) is 0 Å². The van der Waals surface area contributed by atoms with Crippen LogP contribution in [0.1, 0.15) is 5.56 Å². The maximum absolute atomic E-state index is 11.8. The number of nitrogens with one attached hydrogen (secondary N) is 1. The van der Waals surface area contributed by atoms with Crippen molar-refractivity contribution in [3.05, 3.63) is 39.2 Å². The number of hydrogen-bond donors (Lipinski definition) is 1. The van der Waals surface area contributed by atoms with E-state index in [0.717, 1.165) is 16.3 Å². The highest BCUT2D eigenvalue weighted by atomic mass is 79.9. The Hall–Kier alpha value is -1.31. The predicted octanol–water partition coefficient (Wildman–Crippen LogP) is 3.22. The molecule has 2 rings (SSSR count). The number of sulfonamides is 1. The van der Waals surface area contributed by atoms with Gasteiger partial charge in [-0.15, -0.1) is 4.91 Å². The zero-order chi connectivity index (χ0) is 14.2. The van der Waals surface area contributed by atoms with E-state index in [2.05, 4.69) is 25.8 Å². The van der Waals surface area contributed by atoms with Crippen LogP contribution in [0.5, 0.6) is 0 Å². The molecule has 0 amide bonds. The van der Waals surface area contributed by atoms with E-state index < -0.39 is 10.0 Å². The molecule has 19 heavy (non-hydrogen) atoms. The number of halogens is 1. The van der Waals surface area contributed by atoms with Crippen molar-refractivity contribution in [3.63, 3.8) is 0 Å². The van der Waals surface area contributed by atoms with Crippen molar-refractivity contribution in [3.8, 4) is 0 Å². The first-order chi connectivity index (χ1) is 8.90. The lowest BCUT2D eigenvalue weighted by atomic mass is 10.0. The molecule has 0 saturated carbocycles. The maximum Gasteiger partial charge on any atom is 0.240 e. The van der Waals surface area contributed by atoms with Gasteiger partial charge in [-0.05, 0) is 53.7 Å². The summed E-state index contributed by atoms with van der Waals surface area (Å²) in [7, 11) is -2.13. The van der Waals surface area contributed by atoms with Crippen molar-refractivity contribution in [1.82, 2.24) is 4.72 Å². The van der Waals surface area contributed by atoms with Gasteiger partial charge in [0, 0.05) is 4.47 Å². The summed E-state index contributed by atoms with van der Waals surface area (Å²) in [6, 6.07) is 6.32. The summed E-state index contributed by atoms with van der Waals surface area (Å²) in [5, 5.41) is 4.47. The minimum atomic E-state index is -3.49. The number of nitroso groups, excluding NO2 is 1. The number of fused-ring (bicyclic) bond motifs is 1. The normalized spacial score (nSPS) is 11.7. The molecule has 0 atom stereocenters. The predicted molar refractivity (Wildman–Crippen MR) is 78.1 cm³/mol. The van der Waals surface area contributed by atoms with Gasteiger partial charge >= 0.3 is 0 Å². The number of nitrogens with zero attached hydrogens (tertiary/aromatic N) is 1. The zero-order valence-corrected chi connectivity index (χ0v) is 12.7. The van der Waals surface area contributed by atoms with Crippen LogP contribution in [0.3, 0.4) is 0 Å². The molecule has 5 nitrogen and oxygen atoms in total. The van der Waals surface area contributed by atoms with Crippen LogP contribution in [-0.2, 0) is 10.0 Å². The van der Waals surface area contributed by atoms with Gasteiger partial charge in [0.25, 0.3) is 0 Å². The van der Waals surface area contributed by atoms with Crippen LogP contribution < -0.4 is 4.72 Å². The third kappa shape index (κ3) is 2.41. The molecule has 0 aliphatic carbocycles.